The maximum absolute atomic E-state index is 5.92. The Balaban J connectivity index is 1.88. The van der Waals surface area contributed by atoms with Crippen molar-refractivity contribution in [1.82, 2.24) is 5.32 Å². The largest absolute Gasteiger partial charge is 0.310 e. The maximum atomic E-state index is 5.92. The summed E-state index contributed by atoms with van der Waals surface area (Å²) in [5, 5.41) is 4.50. The third kappa shape index (κ3) is 3.72. The van der Waals surface area contributed by atoms with Crippen molar-refractivity contribution >= 4 is 11.6 Å². The molecule has 2 unspecified atom stereocenters. The molecule has 1 aromatic carbocycles. The summed E-state index contributed by atoms with van der Waals surface area (Å²) in [4.78, 5) is 0. The Morgan fingerprint density at radius 2 is 1.94 bits per heavy atom. The molecule has 1 N–H and O–H groups in total. The number of nitrogens with one attached hydrogen (secondary N) is 1. The molecule has 0 bridgehead atoms. The summed E-state index contributed by atoms with van der Waals surface area (Å²) < 4.78 is 0. The normalized spacial score (nSPS) is 19.0. The van der Waals surface area contributed by atoms with Crippen molar-refractivity contribution in [1.29, 1.82) is 0 Å². The Labute approximate surface area is 110 Å². The number of hydrogen-bond donors (Lipinski definition) is 1. The molecule has 0 aliphatic heterocycles. The lowest BCUT2D eigenvalue weighted by atomic mass is 10.0. The minimum Gasteiger partial charge on any atom is -0.310 e. The number of benzene rings is 1. The highest BCUT2D eigenvalue weighted by Crippen LogP contribution is 2.36. The molecule has 2 heteroatoms. The summed E-state index contributed by atoms with van der Waals surface area (Å²) in [6, 6.07) is 8.68. The molecule has 0 aromatic heterocycles. The van der Waals surface area contributed by atoms with Gasteiger partial charge in [0.2, 0.25) is 0 Å². The first-order valence-electron chi connectivity index (χ1n) is 6.69. The predicted octanol–water partition coefficient (Wildman–Crippen LogP) is 4.43. The van der Waals surface area contributed by atoms with Crippen LogP contribution in [-0.2, 0) is 0 Å². The van der Waals surface area contributed by atoms with E-state index < -0.39 is 0 Å². The van der Waals surface area contributed by atoms with Crippen molar-refractivity contribution in [2.45, 2.75) is 39.2 Å². The summed E-state index contributed by atoms with van der Waals surface area (Å²) in [7, 11) is 0. The van der Waals surface area contributed by atoms with Crippen molar-refractivity contribution in [2.75, 3.05) is 6.54 Å². The molecule has 2 atom stereocenters. The van der Waals surface area contributed by atoms with Crippen LogP contribution < -0.4 is 5.32 Å². The quantitative estimate of drug-likeness (QED) is 0.789. The topological polar surface area (TPSA) is 12.0 Å². The molecule has 0 amide bonds. The van der Waals surface area contributed by atoms with Crippen molar-refractivity contribution in [2.24, 2.45) is 11.8 Å². The van der Waals surface area contributed by atoms with Crippen LogP contribution in [0.3, 0.4) is 0 Å². The maximum Gasteiger partial charge on any atom is 0.0406 e. The van der Waals surface area contributed by atoms with Crippen molar-refractivity contribution in [3.63, 3.8) is 0 Å². The molecule has 1 saturated carbocycles. The van der Waals surface area contributed by atoms with Crippen LogP contribution in [0.4, 0.5) is 0 Å². The Morgan fingerprint density at radius 3 is 2.47 bits per heavy atom. The zero-order chi connectivity index (χ0) is 12.3. The molecule has 0 spiro atoms. The lowest BCUT2D eigenvalue weighted by Crippen LogP contribution is -2.26. The van der Waals surface area contributed by atoms with Crippen molar-refractivity contribution < 1.29 is 0 Å². The molecular weight excluding hydrogens is 230 g/mol. The summed E-state index contributed by atoms with van der Waals surface area (Å²) >= 11 is 5.92. The van der Waals surface area contributed by atoms with Crippen LogP contribution in [-0.4, -0.2) is 6.54 Å². The molecule has 1 aliphatic rings. The summed E-state index contributed by atoms with van der Waals surface area (Å²) in [5.74, 6) is 1.79. The van der Waals surface area contributed by atoms with E-state index in [1.165, 1.54) is 18.4 Å². The second-order valence-electron chi connectivity index (χ2n) is 5.24. The third-order valence-corrected chi connectivity index (χ3v) is 4.05. The predicted molar refractivity (Wildman–Crippen MR) is 74.4 cm³/mol. The van der Waals surface area contributed by atoms with Gasteiger partial charge in [-0.2, -0.15) is 0 Å². The molecular formula is C15H22ClN. The van der Waals surface area contributed by atoms with E-state index in [1.807, 2.05) is 12.1 Å². The van der Waals surface area contributed by atoms with Gasteiger partial charge < -0.3 is 5.32 Å². The van der Waals surface area contributed by atoms with E-state index in [1.54, 1.807) is 0 Å². The highest BCUT2D eigenvalue weighted by molar-refractivity contribution is 6.30. The molecule has 1 aromatic rings. The standard InChI is InChI=1S/C15H22ClN/c1-3-15(13-6-8-14(16)9-7-13)17-10-11(2)12-4-5-12/h6-9,11-12,15,17H,3-5,10H2,1-2H3. The average Bonchev–Trinajstić information content (AvgIpc) is 3.16. The average molecular weight is 252 g/mol. The molecule has 0 heterocycles. The van der Waals surface area contributed by atoms with Crippen LogP contribution in [0.15, 0.2) is 24.3 Å². The Kier molecular flexibility index (Phi) is 4.47. The number of hydrogen-bond acceptors (Lipinski definition) is 1. The van der Waals surface area contributed by atoms with Gasteiger partial charge in [0.05, 0.1) is 0 Å². The lowest BCUT2D eigenvalue weighted by molar-refractivity contribution is 0.414. The third-order valence-electron chi connectivity index (χ3n) is 3.79. The van der Waals surface area contributed by atoms with E-state index >= 15 is 0 Å². The van der Waals surface area contributed by atoms with Crippen molar-refractivity contribution in [3.8, 4) is 0 Å². The number of halogens is 1. The first-order valence-corrected chi connectivity index (χ1v) is 7.07. The van der Waals surface area contributed by atoms with Gasteiger partial charge in [-0.25, -0.2) is 0 Å². The van der Waals surface area contributed by atoms with Crippen LogP contribution in [0.25, 0.3) is 0 Å². The monoisotopic (exact) mass is 251 g/mol. The van der Waals surface area contributed by atoms with E-state index in [2.05, 4.69) is 31.3 Å². The molecule has 1 nitrogen and oxygen atoms in total. The number of rotatable bonds is 6. The van der Waals surface area contributed by atoms with Gasteiger partial charge >= 0.3 is 0 Å². The van der Waals surface area contributed by atoms with E-state index in [-0.39, 0.29) is 0 Å². The van der Waals surface area contributed by atoms with E-state index in [0.29, 0.717) is 6.04 Å². The molecule has 0 saturated heterocycles. The van der Waals surface area contributed by atoms with Crippen molar-refractivity contribution in [3.05, 3.63) is 34.9 Å². The first kappa shape index (κ1) is 12.9. The second-order valence-corrected chi connectivity index (χ2v) is 5.67. The van der Waals surface area contributed by atoms with Gasteiger partial charge in [0.1, 0.15) is 0 Å². The van der Waals surface area contributed by atoms with Crippen LogP contribution in [0.2, 0.25) is 5.02 Å². The molecule has 1 fully saturated rings. The second kappa shape index (κ2) is 5.88. The SMILES string of the molecule is CCC(NCC(C)C1CC1)c1ccc(Cl)cc1. The zero-order valence-corrected chi connectivity index (χ0v) is 11.5. The van der Waals surface area contributed by atoms with Gasteiger partial charge in [-0.1, -0.05) is 37.6 Å². The minimum absolute atomic E-state index is 0.466. The van der Waals surface area contributed by atoms with Gasteiger partial charge in [0.15, 0.2) is 0 Å². The van der Waals surface area contributed by atoms with E-state index in [4.69, 9.17) is 11.6 Å². The lowest BCUT2D eigenvalue weighted by Gasteiger charge is -2.20. The van der Waals surface area contributed by atoms with Gasteiger partial charge in [-0.15, -0.1) is 0 Å². The highest BCUT2D eigenvalue weighted by Gasteiger charge is 2.27. The Bertz CT molecular complexity index is 342. The van der Waals surface area contributed by atoms with Gasteiger partial charge in [-0.3, -0.25) is 0 Å². The molecule has 2 rings (SSSR count). The fraction of sp³-hybridized carbons (Fsp3) is 0.600. The summed E-state index contributed by atoms with van der Waals surface area (Å²) in [5.41, 5.74) is 1.35. The summed E-state index contributed by atoms with van der Waals surface area (Å²) in [6.07, 6.45) is 3.99. The van der Waals surface area contributed by atoms with Crippen LogP contribution in [0.5, 0.6) is 0 Å². The Hall–Kier alpha value is -0.530. The minimum atomic E-state index is 0.466. The molecule has 0 radical (unpaired) electrons. The van der Waals surface area contributed by atoms with E-state index in [9.17, 15) is 0 Å². The van der Waals surface area contributed by atoms with Gasteiger partial charge in [0, 0.05) is 11.1 Å². The fourth-order valence-corrected chi connectivity index (χ4v) is 2.48. The van der Waals surface area contributed by atoms with Crippen LogP contribution in [0, 0.1) is 11.8 Å². The zero-order valence-electron chi connectivity index (χ0n) is 10.7. The van der Waals surface area contributed by atoms with Crippen LogP contribution >= 0.6 is 11.6 Å². The molecule has 17 heavy (non-hydrogen) atoms. The van der Waals surface area contributed by atoms with Gasteiger partial charge in [-0.05, 0) is 55.3 Å². The van der Waals surface area contributed by atoms with Gasteiger partial charge in [0.25, 0.3) is 0 Å². The van der Waals surface area contributed by atoms with Crippen LogP contribution in [0.1, 0.15) is 44.7 Å². The fourth-order valence-electron chi connectivity index (χ4n) is 2.35. The highest BCUT2D eigenvalue weighted by atomic mass is 35.5. The smallest absolute Gasteiger partial charge is 0.0406 e. The Morgan fingerprint density at radius 1 is 1.29 bits per heavy atom. The molecule has 94 valence electrons. The van der Waals surface area contributed by atoms with E-state index in [0.717, 1.165) is 29.8 Å². The summed E-state index contributed by atoms with van der Waals surface area (Å²) in [6.45, 7) is 5.72. The molecule has 1 aliphatic carbocycles. The first-order chi connectivity index (χ1) is 8.20.